The van der Waals surface area contributed by atoms with E-state index in [2.05, 4.69) is 5.32 Å². The average molecular weight is 648 g/mol. The number of fused-ring (bicyclic) bond motifs is 1. The molecular formula is C31H23F6N3O6. The fraction of sp³-hybridized carbons (Fsp3) is 0.258. The molecule has 1 aliphatic rings. The normalized spacial score (nSPS) is 17.1. The third kappa shape index (κ3) is 7.03. The molecule has 0 aliphatic carbocycles. The summed E-state index contributed by atoms with van der Waals surface area (Å²) in [5.41, 5.74) is -4.47. The highest BCUT2D eigenvalue weighted by Gasteiger charge is 2.39. The number of carbonyl (C=O) groups excluding carboxylic acids is 2. The van der Waals surface area contributed by atoms with Crippen molar-refractivity contribution >= 4 is 28.5 Å². The van der Waals surface area contributed by atoms with E-state index in [4.69, 9.17) is 4.42 Å². The van der Waals surface area contributed by atoms with Crippen molar-refractivity contribution in [2.45, 2.75) is 43.7 Å². The van der Waals surface area contributed by atoms with Gasteiger partial charge in [0.1, 0.15) is 5.58 Å². The van der Waals surface area contributed by atoms with Gasteiger partial charge in [0.05, 0.1) is 27.5 Å². The Hall–Kier alpha value is -5.21. The predicted molar refractivity (Wildman–Crippen MR) is 151 cm³/mol. The van der Waals surface area contributed by atoms with Crippen LogP contribution in [0.25, 0.3) is 11.0 Å². The summed E-state index contributed by atoms with van der Waals surface area (Å²) in [7, 11) is 0. The molecule has 1 N–H and O–H groups in total. The van der Waals surface area contributed by atoms with Gasteiger partial charge in [-0.2, -0.15) is 26.3 Å². The van der Waals surface area contributed by atoms with Gasteiger partial charge in [0, 0.05) is 36.3 Å². The van der Waals surface area contributed by atoms with E-state index in [1.165, 1.54) is 11.0 Å². The van der Waals surface area contributed by atoms with Gasteiger partial charge in [-0.1, -0.05) is 30.3 Å². The van der Waals surface area contributed by atoms with Crippen LogP contribution in [0.2, 0.25) is 0 Å². The summed E-state index contributed by atoms with van der Waals surface area (Å²) < 4.78 is 86.5. The fourth-order valence-electron chi connectivity index (χ4n) is 5.40. The van der Waals surface area contributed by atoms with Crippen LogP contribution >= 0.6 is 0 Å². The lowest BCUT2D eigenvalue weighted by molar-refractivity contribution is -0.384. The van der Waals surface area contributed by atoms with Crippen LogP contribution in [-0.4, -0.2) is 40.3 Å². The van der Waals surface area contributed by atoms with Gasteiger partial charge < -0.3 is 14.6 Å². The number of carbonyl (C=O) groups is 2. The quantitative estimate of drug-likeness (QED) is 0.147. The first-order valence-corrected chi connectivity index (χ1v) is 13.8. The van der Waals surface area contributed by atoms with Crippen LogP contribution in [0.5, 0.6) is 0 Å². The summed E-state index contributed by atoms with van der Waals surface area (Å²) in [5.74, 6) is -2.30. The van der Waals surface area contributed by atoms with Crippen molar-refractivity contribution in [1.82, 2.24) is 10.2 Å². The number of rotatable bonds is 6. The molecule has 1 saturated heterocycles. The lowest BCUT2D eigenvalue weighted by Gasteiger charge is -2.40. The number of hydrogen-bond acceptors (Lipinski definition) is 6. The number of nitrogens with zero attached hydrogens (tertiary/aromatic N) is 2. The van der Waals surface area contributed by atoms with E-state index in [9.17, 15) is 50.8 Å². The molecular weight excluding hydrogens is 624 g/mol. The predicted octanol–water partition coefficient (Wildman–Crippen LogP) is 6.38. The maximum atomic E-state index is 13.6. The van der Waals surface area contributed by atoms with E-state index >= 15 is 0 Å². The Kier molecular flexibility index (Phi) is 8.60. The lowest BCUT2D eigenvalue weighted by Crippen LogP contribution is -2.52. The number of alkyl halides is 6. The number of hydrogen-bond donors (Lipinski definition) is 1. The highest BCUT2D eigenvalue weighted by atomic mass is 19.4. The third-order valence-corrected chi connectivity index (χ3v) is 7.61. The van der Waals surface area contributed by atoms with E-state index in [0.717, 1.165) is 23.8 Å². The number of amides is 2. The Balaban J connectivity index is 1.42. The Labute approximate surface area is 255 Å². The first kappa shape index (κ1) is 32.2. The second kappa shape index (κ2) is 12.3. The van der Waals surface area contributed by atoms with Crippen LogP contribution in [-0.2, 0) is 18.8 Å². The SMILES string of the molecule is O=C(NC1CCN(C(=O)c2cc(C(F)(F)F)cc(C(F)(F)F)c2)C(Cc2ccccc2)C1)c1cc(=O)c2ccc([N+](=O)[O-])cc2o1. The number of piperidine rings is 1. The Morgan fingerprint density at radius 2 is 1.59 bits per heavy atom. The molecule has 0 saturated carbocycles. The minimum absolute atomic E-state index is 0.0140. The van der Waals surface area contributed by atoms with E-state index in [1.807, 2.05) is 0 Å². The Morgan fingerprint density at radius 3 is 2.20 bits per heavy atom. The van der Waals surface area contributed by atoms with E-state index in [1.54, 1.807) is 30.3 Å². The van der Waals surface area contributed by atoms with Crippen LogP contribution in [0.15, 0.2) is 82.0 Å². The molecule has 0 bridgehead atoms. The summed E-state index contributed by atoms with van der Waals surface area (Å²) >= 11 is 0. The van der Waals surface area contributed by atoms with Crippen LogP contribution in [0.1, 0.15) is 50.4 Å². The molecule has 4 aromatic rings. The molecule has 3 aromatic carbocycles. The van der Waals surface area contributed by atoms with E-state index in [0.29, 0.717) is 12.1 Å². The first-order chi connectivity index (χ1) is 21.6. The molecule has 1 aromatic heterocycles. The number of nitro groups is 1. The molecule has 1 fully saturated rings. The molecule has 2 atom stereocenters. The van der Waals surface area contributed by atoms with Crippen molar-refractivity contribution in [2.75, 3.05) is 6.54 Å². The zero-order valence-corrected chi connectivity index (χ0v) is 23.5. The first-order valence-electron chi connectivity index (χ1n) is 13.8. The van der Waals surface area contributed by atoms with Crippen LogP contribution in [0, 0.1) is 10.1 Å². The Bertz CT molecular complexity index is 1840. The van der Waals surface area contributed by atoms with Crippen LogP contribution in [0.3, 0.4) is 0 Å². The number of likely N-dealkylation sites (tertiary alicyclic amines) is 1. The molecule has 9 nitrogen and oxygen atoms in total. The minimum Gasteiger partial charge on any atom is -0.450 e. The largest absolute Gasteiger partial charge is 0.450 e. The highest BCUT2D eigenvalue weighted by Crippen LogP contribution is 2.37. The Morgan fingerprint density at radius 1 is 0.935 bits per heavy atom. The molecule has 1 aliphatic heterocycles. The van der Waals surface area contributed by atoms with Crippen molar-refractivity contribution in [2.24, 2.45) is 0 Å². The second-order valence-electron chi connectivity index (χ2n) is 10.7. The van der Waals surface area contributed by atoms with Crippen LogP contribution < -0.4 is 10.7 Å². The van der Waals surface area contributed by atoms with Crippen molar-refractivity contribution in [3.63, 3.8) is 0 Å². The van der Waals surface area contributed by atoms with Crippen molar-refractivity contribution in [1.29, 1.82) is 0 Å². The topological polar surface area (TPSA) is 123 Å². The van der Waals surface area contributed by atoms with Gasteiger partial charge in [0.2, 0.25) is 0 Å². The second-order valence-corrected chi connectivity index (χ2v) is 10.7. The molecule has 15 heteroatoms. The average Bonchev–Trinajstić information content (AvgIpc) is 3.00. The summed E-state index contributed by atoms with van der Waals surface area (Å²) in [4.78, 5) is 50.9. The maximum absolute atomic E-state index is 13.6. The molecule has 2 heterocycles. The van der Waals surface area contributed by atoms with Gasteiger partial charge in [-0.05, 0) is 49.1 Å². The zero-order chi connectivity index (χ0) is 33.4. The monoisotopic (exact) mass is 647 g/mol. The zero-order valence-electron chi connectivity index (χ0n) is 23.5. The molecule has 0 spiro atoms. The van der Waals surface area contributed by atoms with Gasteiger partial charge in [-0.25, -0.2) is 0 Å². The fourth-order valence-corrected chi connectivity index (χ4v) is 5.40. The van der Waals surface area contributed by atoms with Crippen molar-refractivity contribution < 1.29 is 45.3 Å². The van der Waals surface area contributed by atoms with Gasteiger partial charge in [0.25, 0.3) is 17.5 Å². The highest BCUT2D eigenvalue weighted by molar-refractivity contribution is 5.95. The lowest BCUT2D eigenvalue weighted by atomic mass is 9.91. The van der Waals surface area contributed by atoms with Crippen molar-refractivity contribution in [3.8, 4) is 0 Å². The van der Waals surface area contributed by atoms with Gasteiger partial charge >= 0.3 is 12.4 Å². The summed E-state index contributed by atoms with van der Waals surface area (Å²) in [5, 5.41) is 13.8. The summed E-state index contributed by atoms with van der Waals surface area (Å²) in [6.45, 7) is -0.132. The third-order valence-electron chi connectivity index (χ3n) is 7.61. The van der Waals surface area contributed by atoms with Gasteiger partial charge in [-0.15, -0.1) is 0 Å². The molecule has 240 valence electrons. The summed E-state index contributed by atoms with van der Waals surface area (Å²) in [6.07, 6.45) is -9.99. The van der Waals surface area contributed by atoms with Crippen molar-refractivity contribution in [3.05, 3.63) is 121 Å². The molecule has 0 radical (unpaired) electrons. The number of benzene rings is 3. The number of halogens is 6. The van der Waals surface area contributed by atoms with E-state index < -0.39 is 69.1 Å². The molecule has 2 amide bonds. The maximum Gasteiger partial charge on any atom is 0.416 e. The standard InChI is InChI=1S/C31H23F6N3O6/c32-30(33,34)19-11-18(12-20(13-19)31(35,36)37)29(43)39-9-8-21(14-23(39)10-17-4-2-1-3-5-17)38-28(42)27-16-25(41)24-7-6-22(40(44)45)15-26(24)46-27/h1-7,11-13,15-16,21,23H,8-10,14H2,(H,38,42). The molecule has 2 unspecified atom stereocenters. The molecule has 5 rings (SSSR count). The van der Waals surface area contributed by atoms with Gasteiger partial charge in [0.15, 0.2) is 11.2 Å². The number of nitrogens with one attached hydrogen (secondary N) is 1. The molecule has 46 heavy (non-hydrogen) atoms. The summed E-state index contributed by atoms with van der Waals surface area (Å²) in [6, 6.07) is 12.2. The van der Waals surface area contributed by atoms with Gasteiger partial charge in [-0.3, -0.25) is 24.5 Å². The number of non-ortho nitro benzene ring substituents is 1. The van der Waals surface area contributed by atoms with E-state index in [-0.39, 0.29) is 48.5 Å². The smallest absolute Gasteiger partial charge is 0.416 e. The minimum atomic E-state index is -5.14. The number of nitro benzene ring substituents is 1. The van der Waals surface area contributed by atoms with Crippen LogP contribution in [0.4, 0.5) is 32.0 Å².